The molecule has 1 aromatic heterocycles. The Hall–Kier alpha value is -1.49. The van der Waals surface area contributed by atoms with Crippen LogP contribution in [-0.2, 0) is 4.74 Å². The molecule has 3 atom stereocenters. The van der Waals surface area contributed by atoms with Gasteiger partial charge < -0.3 is 19.4 Å². The van der Waals surface area contributed by atoms with Crippen LogP contribution in [0, 0.1) is 12.3 Å². The van der Waals surface area contributed by atoms with Gasteiger partial charge in [-0.15, -0.1) is 0 Å². The summed E-state index contributed by atoms with van der Waals surface area (Å²) in [6.45, 7) is 2.76. The molecule has 3 fully saturated rings. The summed E-state index contributed by atoms with van der Waals surface area (Å²) in [6.07, 6.45) is 6.90. The second-order valence-corrected chi connectivity index (χ2v) is 7.35. The second-order valence-electron chi connectivity index (χ2n) is 7.35. The van der Waals surface area contributed by atoms with E-state index in [0.29, 0.717) is 6.10 Å². The third-order valence-electron chi connectivity index (χ3n) is 6.25. The van der Waals surface area contributed by atoms with Gasteiger partial charge in [0.2, 0.25) is 0 Å². The summed E-state index contributed by atoms with van der Waals surface area (Å²) < 4.78 is 11.4. The highest BCUT2D eigenvalue weighted by atomic mass is 16.5. The molecule has 5 heteroatoms. The van der Waals surface area contributed by atoms with Gasteiger partial charge in [0, 0.05) is 25.1 Å². The molecule has 0 bridgehead atoms. The van der Waals surface area contributed by atoms with Gasteiger partial charge in [0.25, 0.3) is 0 Å². The Labute approximate surface area is 137 Å². The van der Waals surface area contributed by atoms with E-state index in [1.165, 1.54) is 19.3 Å². The third kappa shape index (κ3) is 2.28. The van der Waals surface area contributed by atoms with Crippen molar-refractivity contribution in [2.45, 2.75) is 63.6 Å². The van der Waals surface area contributed by atoms with E-state index in [0.717, 1.165) is 37.3 Å². The number of furan rings is 1. The number of hydrogen-bond acceptors (Lipinski definition) is 3. The van der Waals surface area contributed by atoms with Gasteiger partial charge in [-0.3, -0.25) is 0 Å². The number of carbonyl (C=O) groups excluding carboxylic acids is 1. The van der Waals surface area contributed by atoms with E-state index in [4.69, 9.17) is 9.15 Å². The van der Waals surface area contributed by atoms with Gasteiger partial charge >= 0.3 is 6.03 Å². The molecular weight excluding hydrogens is 292 g/mol. The Morgan fingerprint density at radius 1 is 1.39 bits per heavy atom. The zero-order chi connectivity index (χ0) is 16.0. The topological polar surface area (TPSA) is 54.7 Å². The summed E-state index contributed by atoms with van der Waals surface area (Å²) in [6, 6.07) is 4.39. The number of urea groups is 1. The molecule has 5 nitrogen and oxygen atoms in total. The lowest BCUT2D eigenvalue weighted by Crippen LogP contribution is -2.68. The summed E-state index contributed by atoms with van der Waals surface area (Å²) in [4.78, 5) is 14.7. The van der Waals surface area contributed by atoms with Gasteiger partial charge in [-0.2, -0.15) is 0 Å². The number of ether oxygens (including phenoxy) is 1. The van der Waals surface area contributed by atoms with Gasteiger partial charge in [-0.1, -0.05) is 6.42 Å². The molecule has 2 saturated carbocycles. The number of methoxy groups -OCH3 is 1. The first-order chi connectivity index (χ1) is 11.1. The Kier molecular flexibility index (Phi) is 3.63. The predicted octanol–water partition coefficient (Wildman–Crippen LogP) is 3.39. The lowest BCUT2D eigenvalue weighted by atomic mass is 9.51. The summed E-state index contributed by atoms with van der Waals surface area (Å²) in [5, 5.41) is 3.29. The maximum atomic E-state index is 12.8. The number of amides is 2. The number of nitrogens with zero attached hydrogens (tertiary/aromatic N) is 1. The first-order valence-electron chi connectivity index (χ1n) is 8.80. The summed E-state index contributed by atoms with van der Waals surface area (Å²) in [5.74, 6) is 1.82. The average Bonchev–Trinajstić information content (AvgIpc) is 3.09. The van der Waals surface area contributed by atoms with Crippen molar-refractivity contribution in [3.05, 3.63) is 23.7 Å². The minimum atomic E-state index is 0.0624. The zero-order valence-corrected chi connectivity index (χ0v) is 14.0. The van der Waals surface area contributed by atoms with Crippen molar-refractivity contribution in [3.8, 4) is 0 Å². The number of likely N-dealkylation sites (tertiary alicyclic amines) is 1. The van der Waals surface area contributed by atoms with E-state index in [-0.39, 0.29) is 23.5 Å². The zero-order valence-electron chi connectivity index (χ0n) is 14.0. The van der Waals surface area contributed by atoms with Gasteiger partial charge in [-0.05, 0) is 51.2 Å². The molecule has 2 aliphatic carbocycles. The fourth-order valence-corrected chi connectivity index (χ4v) is 4.71. The van der Waals surface area contributed by atoms with Crippen molar-refractivity contribution in [2.75, 3.05) is 13.7 Å². The number of rotatable bonds is 3. The molecule has 1 aromatic rings. The Morgan fingerprint density at radius 2 is 2.22 bits per heavy atom. The lowest BCUT2D eigenvalue weighted by molar-refractivity contribution is -0.158. The molecule has 126 valence electrons. The van der Waals surface area contributed by atoms with Gasteiger partial charge in [0.05, 0.1) is 12.1 Å². The average molecular weight is 318 g/mol. The van der Waals surface area contributed by atoms with Gasteiger partial charge in [-0.25, -0.2) is 4.79 Å². The van der Waals surface area contributed by atoms with E-state index in [2.05, 4.69) is 5.32 Å². The number of nitrogens with one attached hydrogen (secondary N) is 1. The van der Waals surface area contributed by atoms with E-state index >= 15 is 0 Å². The molecule has 4 rings (SSSR count). The molecule has 1 spiro atoms. The predicted molar refractivity (Wildman–Crippen MR) is 86.1 cm³/mol. The Balaban J connectivity index is 1.43. The molecule has 23 heavy (non-hydrogen) atoms. The normalized spacial score (nSPS) is 31.7. The minimum Gasteiger partial charge on any atom is -0.464 e. The van der Waals surface area contributed by atoms with Crippen molar-refractivity contribution in [3.63, 3.8) is 0 Å². The van der Waals surface area contributed by atoms with Gasteiger partial charge in [0.15, 0.2) is 0 Å². The molecule has 1 N–H and O–H groups in total. The van der Waals surface area contributed by atoms with Crippen LogP contribution >= 0.6 is 0 Å². The van der Waals surface area contributed by atoms with Crippen molar-refractivity contribution >= 4 is 6.03 Å². The van der Waals surface area contributed by atoms with Crippen LogP contribution in [0.5, 0.6) is 0 Å². The number of aryl methyl sites for hydroxylation is 1. The molecule has 3 aliphatic rings. The van der Waals surface area contributed by atoms with Crippen molar-refractivity contribution in [1.29, 1.82) is 0 Å². The molecule has 1 saturated heterocycles. The molecule has 2 heterocycles. The van der Waals surface area contributed by atoms with Crippen LogP contribution in [-0.4, -0.2) is 36.7 Å². The molecular formula is C18H26N2O3. The SMILES string of the molecule is COC1CC(NC(=O)N2CCCC2c2ccc(C)o2)C12CCC2. The smallest absolute Gasteiger partial charge is 0.318 e. The number of carbonyl (C=O) groups is 1. The fourth-order valence-electron chi connectivity index (χ4n) is 4.71. The maximum absolute atomic E-state index is 12.8. The summed E-state index contributed by atoms with van der Waals surface area (Å²) in [7, 11) is 1.79. The van der Waals surface area contributed by atoms with E-state index in [1.54, 1.807) is 7.11 Å². The maximum Gasteiger partial charge on any atom is 0.318 e. The molecule has 2 amide bonds. The van der Waals surface area contributed by atoms with Crippen molar-refractivity contribution < 1.29 is 13.9 Å². The largest absolute Gasteiger partial charge is 0.464 e. The standard InChI is InChI=1S/C18H26N2O3/c1-12-6-7-14(23-12)13-5-3-10-20(13)17(21)19-15-11-16(22-2)18(15)8-4-9-18/h6-7,13,15-16H,3-5,8-11H2,1-2H3,(H,19,21). The van der Waals surface area contributed by atoms with Crippen LogP contribution in [0.15, 0.2) is 16.5 Å². The second kappa shape index (κ2) is 5.55. The molecule has 0 aromatic carbocycles. The van der Waals surface area contributed by atoms with E-state index in [1.807, 2.05) is 24.0 Å². The first kappa shape index (κ1) is 15.1. The van der Waals surface area contributed by atoms with Crippen LogP contribution in [0.3, 0.4) is 0 Å². The fraction of sp³-hybridized carbons (Fsp3) is 0.722. The quantitative estimate of drug-likeness (QED) is 0.929. The van der Waals surface area contributed by atoms with E-state index < -0.39 is 0 Å². The Morgan fingerprint density at radius 3 is 2.83 bits per heavy atom. The van der Waals surface area contributed by atoms with Crippen LogP contribution < -0.4 is 5.32 Å². The summed E-state index contributed by atoms with van der Waals surface area (Å²) >= 11 is 0. The minimum absolute atomic E-state index is 0.0624. The van der Waals surface area contributed by atoms with Crippen molar-refractivity contribution in [1.82, 2.24) is 10.2 Å². The van der Waals surface area contributed by atoms with E-state index in [9.17, 15) is 4.79 Å². The highest BCUT2D eigenvalue weighted by molar-refractivity contribution is 5.75. The van der Waals surface area contributed by atoms with Crippen LogP contribution in [0.1, 0.15) is 56.1 Å². The van der Waals surface area contributed by atoms with Crippen LogP contribution in [0.4, 0.5) is 4.79 Å². The van der Waals surface area contributed by atoms with Gasteiger partial charge in [0.1, 0.15) is 11.5 Å². The summed E-state index contributed by atoms with van der Waals surface area (Å²) in [5.41, 5.74) is 0.209. The van der Waals surface area contributed by atoms with Crippen molar-refractivity contribution in [2.24, 2.45) is 5.41 Å². The first-order valence-corrected chi connectivity index (χ1v) is 8.80. The van der Waals surface area contributed by atoms with Crippen LogP contribution in [0.25, 0.3) is 0 Å². The molecule has 3 unspecified atom stereocenters. The monoisotopic (exact) mass is 318 g/mol. The highest BCUT2D eigenvalue weighted by Crippen LogP contribution is 2.57. The lowest BCUT2D eigenvalue weighted by Gasteiger charge is -2.60. The molecule has 0 radical (unpaired) electrons. The Bertz CT molecular complexity index is 593. The third-order valence-corrected chi connectivity index (χ3v) is 6.25. The molecule has 1 aliphatic heterocycles. The van der Waals surface area contributed by atoms with Crippen LogP contribution in [0.2, 0.25) is 0 Å². The number of hydrogen-bond donors (Lipinski definition) is 1. The highest BCUT2D eigenvalue weighted by Gasteiger charge is 2.59.